The molecule has 0 aliphatic carbocycles. The summed E-state index contributed by atoms with van der Waals surface area (Å²) in [5.74, 6) is 1.64. The minimum absolute atomic E-state index is 0.442. The van der Waals surface area contributed by atoms with Crippen LogP contribution in [0.25, 0.3) is 0 Å². The number of halogens is 1. The molecule has 0 aliphatic rings. The van der Waals surface area contributed by atoms with E-state index in [0.29, 0.717) is 21.7 Å². The first kappa shape index (κ1) is 18.5. The van der Waals surface area contributed by atoms with Crippen LogP contribution >= 0.6 is 15.9 Å². The van der Waals surface area contributed by atoms with Crippen LogP contribution in [0, 0.1) is 5.92 Å². The summed E-state index contributed by atoms with van der Waals surface area (Å²) in [5, 5.41) is 3.44. The number of carbonyl (C=O) groups is 1. The smallest absolute Gasteiger partial charge is 0.248 e. The highest BCUT2D eigenvalue weighted by Gasteiger charge is 2.07. The lowest BCUT2D eigenvalue weighted by Crippen LogP contribution is -2.16. The van der Waals surface area contributed by atoms with Gasteiger partial charge in [0.15, 0.2) is 0 Å². The van der Waals surface area contributed by atoms with Gasteiger partial charge in [0, 0.05) is 12.1 Å². The molecule has 0 saturated carbocycles. The molecule has 0 heterocycles. The van der Waals surface area contributed by atoms with Crippen LogP contribution in [0.3, 0.4) is 0 Å². The molecule has 4 nitrogen and oxygen atoms in total. The van der Waals surface area contributed by atoms with Gasteiger partial charge in [0.1, 0.15) is 11.5 Å². The molecule has 2 aromatic rings. The van der Waals surface area contributed by atoms with Crippen LogP contribution in [-0.2, 0) is 6.54 Å². The molecule has 3 N–H and O–H groups in total. The maximum absolute atomic E-state index is 11.2. The van der Waals surface area contributed by atoms with Crippen molar-refractivity contribution in [3.8, 4) is 11.5 Å². The van der Waals surface area contributed by atoms with Gasteiger partial charge >= 0.3 is 0 Å². The molecular weight excluding hydrogens is 368 g/mol. The number of carbonyl (C=O) groups excluding carboxylic acids is 1. The van der Waals surface area contributed by atoms with Crippen LogP contribution in [0.5, 0.6) is 11.5 Å². The molecule has 24 heavy (non-hydrogen) atoms. The van der Waals surface area contributed by atoms with E-state index in [2.05, 4.69) is 35.1 Å². The van der Waals surface area contributed by atoms with Gasteiger partial charge in [-0.25, -0.2) is 0 Å². The summed E-state index contributed by atoms with van der Waals surface area (Å²) in [6.45, 7) is 6.32. The Balaban J connectivity index is 1.93. The average molecular weight is 391 g/mol. The average Bonchev–Trinajstić information content (AvgIpc) is 2.54. The first-order chi connectivity index (χ1) is 11.5. The van der Waals surface area contributed by atoms with Crippen molar-refractivity contribution in [2.45, 2.75) is 26.8 Å². The molecular formula is C19H23BrN2O2. The van der Waals surface area contributed by atoms with Gasteiger partial charge < -0.3 is 15.8 Å². The van der Waals surface area contributed by atoms with E-state index in [0.717, 1.165) is 18.8 Å². The highest BCUT2D eigenvalue weighted by atomic mass is 79.9. The fourth-order valence-electron chi connectivity index (χ4n) is 2.16. The molecule has 0 radical (unpaired) electrons. The molecule has 2 aromatic carbocycles. The molecule has 5 heteroatoms. The summed E-state index contributed by atoms with van der Waals surface area (Å²) < 4.78 is 6.53. The highest BCUT2D eigenvalue weighted by molar-refractivity contribution is 9.10. The fraction of sp³-hybridized carbons (Fsp3) is 0.316. The zero-order valence-electron chi connectivity index (χ0n) is 14.0. The first-order valence-corrected chi connectivity index (χ1v) is 8.82. The Morgan fingerprint density at radius 2 is 1.92 bits per heavy atom. The Labute approximate surface area is 151 Å². The lowest BCUT2D eigenvalue weighted by molar-refractivity contribution is 0.1000. The topological polar surface area (TPSA) is 64.3 Å². The molecule has 128 valence electrons. The Hall–Kier alpha value is -1.85. The molecule has 0 fully saturated rings. The zero-order chi connectivity index (χ0) is 17.5. The Kier molecular flexibility index (Phi) is 6.82. The van der Waals surface area contributed by atoms with Crippen molar-refractivity contribution < 1.29 is 9.53 Å². The minimum atomic E-state index is -0.462. The van der Waals surface area contributed by atoms with Gasteiger partial charge in [-0.3, -0.25) is 4.79 Å². The molecule has 0 spiro atoms. The van der Waals surface area contributed by atoms with Gasteiger partial charge in [0.25, 0.3) is 0 Å². The summed E-state index contributed by atoms with van der Waals surface area (Å²) in [5.41, 5.74) is 6.92. The molecule has 0 bridgehead atoms. The molecule has 2 rings (SSSR count). The van der Waals surface area contributed by atoms with Crippen LogP contribution in [0.4, 0.5) is 0 Å². The predicted molar refractivity (Wildman–Crippen MR) is 100 cm³/mol. The second-order valence-electron chi connectivity index (χ2n) is 6.11. The van der Waals surface area contributed by atoms with Crippen LogP contribution < -0.4 is 15.8 Å². The van der Waals surface area contributed by atoms with Gasteiger partial charge in [-0.05, 0) is 70.7 Å². The largest absolute Gasteiger partial charge is 0.456 e. The number of hydrogen-bond donors (Lipinski definition) is 2. The lowest BCUT2D eigenvalue weighted by Gasteiger charge is -2.10. The van der Waals surface area contributed by atoms with Crippen molar-refractivity contribution >= 4 is 21.8 Å². The van der Waals surface area contributed by atoms with Crippen molar-refractivity contribution in [2.24, 2.45) is 11.7 Å². The third-order valence-corrected chi connectivity index (χ3v) is 4.21. The Morgan fingerprint density at radius 1 is 1.21 bits per heavy atom. The van der Waals surface area contributed by atoms with Crippen molar-refractivity contribution in [3.05, 3.63) is 58.1 Å². The number of rotatable bonds is 8. The third-order valence-electron chi connectivity index (χ3n) is 3.60. The van der Waals surface area contributed by atoms with Gasteiger partial charge in [0.05, 0.1) is 4.47 Å². The monoisotopic (exact) mass is 390 g/mol. The van der Waals surface area contributed by atoms with Crippen molar-refractivity contribution in [3.63, 3.8) is 0 Å². The number of nitrogens with one attached hydrogen (secondary N) is 1. The Bertz CT molecular complexity index is 684. The van der Waals surface area contributed by atoms with Crippen LogP contribution in [0.2, 0.25) is 0 Å². The molecule has 1 amide bonds. The van der Waals surface area contributed by atoms with E-state index in [1.165, 1.54) is 12.0 Å². The zero-order valence-corrected chi connectivity index (χ0v) is 15.6. The standard InChI is InChI=1S/C19H23BrN2O2/c1-13(2)9-10-22-12-14-3-6-16(7-4-14)24-18-8-5-15(19(21)23)11-17(18)20/h3-8,11,13,22H,9-10,12H2,1-2H3,(H2,21,23). The third kappa shape index (κ3) is 5.65. The van der Waals surface area contributed by atoms with E-state index < -0.39 is 5.91 Å². The van der Waals surface area contributed by atoms with Crippen LogP contribution in [-0.4, -0.2) is 12.5 Å². The summed E-state index contributed by atoms with van der Waals surface area (Å²) in [7, 11) is 0. The van der Waals surface area contributed by atoms with Gasteiger partial charge in [-0.15, -0.1) is 0 Å². The maximum Gasteiger partial charge on any atom is 0.248 e. The van der Waals surface area contributed by atoms with E-state index in [1.54, 1.807) is 18.2 Å². The van der Waals surface area contributed by atoms with Crippen molar-refractivity contribution in [1.82, 2.24) is 5.32 Å². The minimum Gasteiger partial charge on any atom is -0.456 e. The molecule has 0 atom stereocenters. The molecule has 0 aliphatic heterocycles. The van der Waals surface area contributed by atoms with E-state index >= 15 is 0 Å². The highest BCUT2D eigenvalue weighted by Crippen LogP contribution is 2.30. The van der Waals surface area contributed by atoms with Crippen molar-refractivity contribution in [1.29, 1.82) is 0 Å². The predicted octanol–water partition coefficient (Wildman–Crippen LogP) is 4.48. The summed E-state index contributed by atoms with van der Waals surface area (Å²) >= 11 is 3.40. The van der Waals surface area contributed by atoms with E-state index in [-0.39, 0.29) is 0 Å². The number of benzene rings is 2. The fourth-order valence-corrected chi connectivity index (χ4v) is 2.62. The molecule has 0 unspecified atom stereocenters. The molecule has 0 aromatic heterocycles. The van der Waals surface area contributed by atoms with E-state index in [4.69, 9.17) is 10.5 Å². The van der Waals surface area contributed by atoms with E-state index in [1.807, 2.05) is 24.3 Å². The van der Waals surface area contributed by atoms with Crippen LogP contribution in [0.15, 0.2) is 46.9 Å². The normalized spacial score (nSPS) is 10.8. The number of amides is 1. The quantitative estimate of drug-likeness (QED) is 0.653. The number of nitrogens with two attached hydrogens (primary N) is 1. The summed E-state index contributed by atoms with van der Waals surface area (Å²) in [6, 6.07) is 13.0. The first-order valence-electron chi connectivity index (χ1n) is 8.02. The summed E-state index contributed by atoms with van der Waals surface area (Å²) in [4.78, 5) is 11.2. The van der Waals surface area contributed by atoms with Gasteiger partial charge in [-0.1, -0.05) is 26.0 Å². The summed E-state index contributed by atoms with van der Waals surface area (Å²) in [6.07, 6.45) is 1.18. The Morgan fingerprint density at radius 3 is 2.50 bits per heavy atom. The maximum atomic E-state index is 11.2. The number of hydrogen-bond acceptors (Lipinski definition) is 3. The van der Waals surface area contributed by atoms with E-state index in [9.17, 15) is 4.79 Å². The lowest BCUT2D eigenvalue weighted by atomic mass is 10.1. The number of ether oxygens (including phenoxy) is 1. The SMILES string of the molecule is CC(C)CCNCc1ccc(Oc2ccc(C(N)=O)cc2Br)cc1. The van der Waals surface area contributed by atoms with Gasteiger partial charge in [0.2, 0.25) is 5.91 Å². The second-order valence-corrected chi connectivity index (χ2v) is 6.97. The second kappa shape index (κ2) is 8.85. The van der Waals surface area contributed by atoms with Gasteiger partial charge in [-0.2, -0.15) is 0 Å². The number of primary amides is 1. The van der Waals surface area contributed by atoms with Crippen LogP contribution in [0.1, 0.15) is 36.2 Å². The van der Waals surface area contributed by atoms with Crippen molar-refractivity contribution in [2.75, 3.05) is 6.54 Å². The molecule has 0 saturated heterocycles.